The molecule has 29 heavy (non-hydrogen) atoms. The lowest BCUT2D eigenvalue weighted by molar-refractivity contribution is -0.155. The van der Waals surface area contributed by atoms with Gasteiger partial charge in [-0.3, -0.25) is 19.2 Å². The molecule has 0 saturated carbocycles. The number of nitrogens with zero attached hydrogens (tertiary/aromatic N) is 2. The summed E-state index contributed by atoms with van der Waals surface area (Å²) in [5.41, 5.74) is 6.05. The van der Waals surface area contributed by atoms with Gasteiger partial charge < -0.3 is 20.3 Å². The first-order valence-electron chi connectivity index (χ1n) is 9.57. The molecule has 2 fully saturated rings. The molecule has 0 aliphatic carbocycles. The molecular weight excluding hydrogens is 394 g/mol. The molecule has 1 atom stereocenters. The molecule has 2 saturated heterocycles. The highest BCUT2D eigenvalue weighted by Gasteiger charge is 2.36. The number of ether oxygens (including phenoxy) is 1. The fraction of sp³-hybridized carbons (Fsp3) is 0.500. The Morgan fingerprint density at radius 3 is 2.59 bits per heavy atom. The number of rotatable bonds is 6. The molecule has 0 unspecified atom stereocenters. The molecule has 0 spiro atoms. The number of thioether (sulfide) groups is 1. The van der Waals surface area contributed by atoms with Crippen molar-refractivity contribution in [2.24, 2.45) is 17.6 Å². The smallest absolute Gasteiger partial charge is 0.311 e. The van der Waals surface area contributed by atoms with E-state index in [0.29, 0.717) is 25.9 Å². The average Bonchev–Trinajstić information content (AvgIpc) is 3.13. The number of hydrogen-bond acceptors (Lipinski definition) is 6. The molecule has 1 aromatic rings. The molecule has 0 aromatic heterocycles. The molecule has 8 nitrogen and oxygen atoms in total. The number of benzene rings is 1. The van der Waals surface area contributed by atoms with E-state index >= 15 is 0 Å². The van der Waals surface area contributed by atoms with Crippen molar-refractivity contribution in [3.05, 3.63) is 24.3 Å². The first kappa shape index (κ1) is 21.2. The zero-order valence-corrected chi connectivity index (χ0v) is 17.2. The van der Waals surface area contributed by atoms with E-state index in [2.05, 4.69) is 0 Å². The van der Waals surface area contributed by atoms with E-state index < -0.39 is 11.9 Å². The number of anilines is 1. The van der Waals surface area contributed by atoms with Crippen LogP contribution in [0.3, 0.4) is 0 Å². The van der Waals surface area contributed by atoms with Crippen LogP contribution < -0.4 is 10.6 Å². The van der Waals surface area contributed by atoms with Crippen LogP contribution in [0.25, 0.3) is 0 Å². The van der Waals surface area contributed by atoms with Gasteiger partial charge in [-0.2, -0.15) is 0 Å². The van der Waals surface area contributed by atoms with Crippen LogP contribution in [0.4, 0.5) is 5.69 Å². The Morgan fingerprint density at radius 2 is 1.93 bits per heavy atom. The highest BCUT2D eigenvalue weighted by molar-refractivity contribution is 7.98. The Labute approximate surface area is 173 Å². The summed E-state index contributed by atoms with van der Waals surface area (Å²) in [6.45, 7) is 0.733. The minimum atomic E-state index is -0.589. The van der Waals surface area contributed by atoms with Gasteiger partial charge >= 0.3 is 5.97 Å². The van der Waals surface area contributed by atoms with Gasteiger partial charge in [0.2, 0.25) is 11.8 Å². The maximum atomic E-state index is 12.4. The average molecular weight is 420 g/mol. The minimum Gasteiger partial charge on any atom is -0.455 e. The van der Waals surface area contributed by atoms with E-state index in [1.165, 1.54) is 0 Å². The molecule has 2 aliphatic rings. The second kappa shape index (κ2) is 9.30. The van der Waals surface area contributed by atoms with E-state index in [1.54, 1.807) is 21.6 Å². The van der Waals surface area contributed by atoms with Gasteiger partial charge in [-0.15, -0.1) is 11.8 Å². The summed E-state index contributed by atoms with van der Waals surface area (Å²) < 4.78 is 5.19. The van der Waals surface area contributed by atoms with Crippen molar-refractivity contribution < 1.29 is 23.9 Å². The highest BCUT2D eigenvalue weighted by Crippen LogP contribution is 2.28. The van der Waals surface area contributed by atoms with Crippen LogP contribution in [0.15, 0.2) is 29.2 Å². The number of carbonyl (C=O) groups excluding carboxylic acids is 4. The van der Waals surface area contributed by atoms with Crippen LogP contribution in [-0.4, -0.2) is 61.1 Å². The van der Waals surface area contributed by atoms with E-state index in [0.717, 1.165) is 10.6 Å². The Morgan fingerprint density at radius 1 is 1.21 bits per heavy atom. The van der Waals surface area contributed by atoms with Crippen LogP contribution >= 0.6 is 11.8 Å². The number of hydrogen-bond donors (Lipinski definition) is 1. The number of esters is 1. The van der Waals surface area contributed by atoms with Crippen LogP contribution in [-0.2, 0) is 23.9 Å². The van der Waals surface area contributed by atoms with Crippen molar-refractivity contribution in [1.82, 2.24) is 4.90 Å². The monoisotopic (exact) mass is 419 g/mol. The Balaban J connectivity index is 1.49. The summed E-state index contributed by atoms with van der Waals surface area (Å²) >= 11 is 1.58. The van der Waals surface area contributed by atoms with Crippen molar-refractivity contribution in [3.63, 3.8) is 0 Å². The fourth-order valence-corrected chi connectivity index (χ4v) is 4.10. The summed E-state index contributed by atoms with van der Waals surface area (Å²) in [5.74, 6) is -2.11. The molecule has 3 amide bonds. The Bertz CT molecular complexity index is 807. The molecule has 156 valence electrons. The Kier molecular flexibility index (Phi) is 6.79. The number of piperidine rings is 1. The van der Waals surface area contributed by atoms with Crippen molar-refractivity contribution in [3.8, 4) is 0 Å². The van der Waals surface area contributed by atoms with Gasteiger partial charge in [-0.1, -0.05) is 6.07 Å². The van der Waals surface area contributed by atoms with Gasteiger partial charge in [0.05, 0.1) is 5.92 Å². The molecular formula is C20H25N3O5S. The number of likely N-dealkylation sites (tertiary alicyclic amines) is 1. The Hall–Kier alpha value is -2.55. The summed E-state index contributed by atoms with van der Waals surface area (Å²) in [4.78, 5) is 52.4. The van der Waals surface area contributed by atoms with Gasteiger partial charge in [0.1, 0.15) is 0 Å². The SMILES string of the molecule is CSc1cccc(N2C[C@H](C(=O)OCC(=O)N3CCC(C(N)=O)CC3)CC2=O)c1. The maximum absolute atomic E-state index is 12.4. The third-order valence-corrected chi connectivity index (χ3v) is 6.14. The topological polar surface area (TPSA) is 110 Å². The summed E-state index contributed by atoms with van der Waals surface area (Å²) in [5, 5.41) is 0. The lowest BCUT2D eigenvalue weighted by Crippen LogP contribution is -2.43. The number of amides is 3. The zero-order chi connectivity index (χ0) is 21.0. The number of nitrogens with two attached hydrogens (primary N) is 1. The summed E-state index contributed by atoms with van der Waals surface area (Å²) in [6.07, 6.45) is 3.07. The maximum Gasteiger partial charge on any atom is 0.311 e. The molecule has 0 bridgehead atoms. The first-order valence-corrected chi connectivity index (χ1v) is 10.8. The van der Waals surface area contributed by atoms with Gasteiger partial charge in [-0.05, 0) is 37.3 Å². The molecule has 2 aliphatic heterocycles. The number of primary amides is 1. The second-order valence-electron chi connectivity index (χ2n) is 7.27. The van der Waals surface area contributed by atoms with Crippen LogP contribution in [0.1, 0.15) is 19.3 Å². The van der Waals surface area contributed by atoms with Gasteiger partial charge in [0.15, 0.2) is 6.61 Å². The minimum absolute atomic E-state index is 0.0700. The molecule has 3 rings (SSSR count). The van der Waals surface area contributed by atoms with Crippen molar-refractivity contribution in [2.75, 3.05) is 37.4 Å². The van der Waals surface area contributed by atoms with E-state index in [1.807, 2.05) is 30.5 Å². The summed E-state index contributed by atoms with van der Waals surface area (Å²) in [7, 11) is 0. The molecule has 2 heterocycles. The van der Waals surface area contributed by atoms with Gasteiger partial charge in [0, 0.05) is 42.6 Å². The molecule has 2 N–H and O–H groups in total. The predicted octanol–water partition coefficient (Wildman–Crippen LogP) is 1.03. The highest BCUT2D eigenvalue weighted by atomic mass is 32.2. The standard InChI is InChI=1S/C20H25N3O5S/c1-29-16-4-2-3-15(10-16)23-11-14(9-17(23)24)20(27)28-12-18(25)22-7-5-13(6-8-22)19(21)26/h2-4,10,13-14H,5-9,11-12H2,1H3,(H2,21,26)/t14-/m1/s1. The number of carbonyl (C=O) groups is 4. The zero-order valence-electron chi connectivity index (χ0n) is 16.3. The lowest BCUT2D eigenvalue weighted by Gasteiger charge is -2.30. The third-order valence-electron chi connectivity index (χ3n) is 5.41. The van der Waals surface area contributed by atoms with E-state index in [4.69, 9.17) is 10.5 Å². The fourth-order valence-electron chi connectivity index (χ4n) is 3.65. The van der Waals surface area contributed by atoms with E-state index in [9.17, 15) is 19.2 Å². The molecule has 0 radical (unpaired) electrons. The van der Waals surface area contributed by atoms with Crippen molar-refractivity contribution in [2.45, 2.75) is 24.2 Å². The lowest BCUT2D eigenvalue weighted by atomic mass is 9.96. The normalized spacial score (nSPS) is 20.0. The van der Waals surface area contributed by atoms with Crippen molar-refractivity contribution >= 4 is 41.1 Å². The van der Waals surface area contributed by atoms with Crippen LogP contribution in [0, 0.1) is 11.8 Å². The van der Waals surface area contributed by atoms with Crippen LogP contribution in [0.2, 0.25) is 0 Å². The largest absolute Gasteiger partial charge is 0.455 e. The quantitative estimate of drug-likeness (QED) is 0.545. The third kappa shape index (κ3) is 5.09. The van der Waals surface area contributed by atoms with Crippen molar-refractivity contribution in [1.29, 1.82) is 0 Å². The van der Waals surface area contributed by atoms with Gasteiger partial charge in [0.25, 0.3) is 5.91 Å². The molecule has 1 aromatic carbocycles. The predicted molar refractivity (Wildman–Crippen MR) is 108 cm³/mol. The van der Waals surface area contributed by atoms with Gasteiger partial charge in [-0.25, -0.2) is 0 Å². The van der Waals surface area contributed by atoms with E-state index in [-0.39, 0.29) is 43.2 Å². The second-order valence-corrected chi connectivity index (χ2v) is 8.15. The molecule has 9 heteroatoms. The first-order chi connectivity index (χ1) is 13.9. The summed E-state index contributed by atoms with van der Waals surface area (Å²) in [6, 6.07) is 7.58. The van der Waals surface area contributed by atoms with Crippen LogP contribution in [0.5, 0.6) is 0 Å².